The molecule has 0 saturated heterocycles. The number of ether oxygens (including phenoxy) is 2. The Hall–Kier alpha value is -3.79. The summed E-state index contributed by atoms with van der Waals surface area (Å²) in [5.74, 6) is 0.433. The second-order valence-corrected chi connectivity index (χ2v) is 8.42. The van der Waals surface area contributed by atoms with Crippen molar-refractivity contribution in [2.75, 3.05) is 19.1 Å². The van der Waals surface area contributed by atoms with Gasteiger partial charge in [-0.2, -0.15) is 0 Å². The molecule has 174 valence electrons. The van der Waals surface area contributed by atoms with E-state index in [-0.39, 0.29) is 5.97 Å². The maximum absolute atomic E-state index is 13.0. The van der Waals surface area contributed by atoms with Crippen LogP contribution in [-0.4, -0.2) is 20.2 Å². The van der Waals surface area contributed by atoms with Crippen molar-refractivity contribution >= 4 is 17.2 Å². The molecule has 0 radical (unpaired) electrons. The number of hydrogen-bond donors (Lipinski definition) is 0. The zero-order valence-electron chi connectivity index (χ0n) is 20.0. The van der Waals surface area contributed by atoms with Crippen molar-refractivity contribution in [2.45, 2.75) is 31.7 Å². The molecule has 0 aliphatic carbocycles. The van der Waals surface area contributed by atoms with Gasteiger partial charge in [-0.3, -0.25) is 0 Å². The highest BCUT2D eigenvalue weighted by molar-refractivity contribution is 6.08. The van der Waals surface area contributed by atoms with Gasteiger partial charge < -0.3 is 14.4 Å². The van der Waals surface area contributed by atoms with Crippen LogP contribution in [0.2, 0.25) is 0 Å². The molecule has 0 bridgehead atoms. The first-order chi connectivity index (χ1) is 16.6. The largest absolute Gasteiger partial charge is 0.497 e. The van der Waals surface area contributed by atoms with Gasteiger partial charge in [0.1, 0.15) is 5.75 Å². The average molecular weight is 454 g/mol. The number of anilines is 1. The Morgan fingerprint density at radius 3 is 2.12 bits per heavy atom. The molecule has 0 saturated carbocycles. The maximum Gasteiger partial charge on any atom is 0.339 e. The van der Waals surface area contributed by atoms with E-state index in [0.29, 0.717) is 5.57 Å². The van der Waals surface area contributed by atoms with Gasteiger partial charge in [0.15, 0.2) is 0 Å². The van der Waals surface area contributed by atoms with Crippen LogP contribution in [0.25, 0.3) is 5.57 Å². The van der Waals surface area contributed by atoms with E-state index in [1.54, 1.807) is 7.11 Å². The Balaban J connectivity index is 2.00. The van der Waals surface area contributed by atoms with Gasteiger partial charge in [-0.05, 0) is 53.5 Å². The minimum absolute atomic E-state index is 0.356. The second kappa shape index (κ2) is 10.4. The summed E-state index contributed by atoms with van der Waals surface area (Å²) in [5, 5.41) is 0. The average Bonchev–Trinajstić information content (AvgIpc) is 2.92. The molecular formula is C30H31NO3. The van der Waals surface area contributed by atoms with Gasteiger partial charge in [0.25, 0.3) is 0 Å². The molecule has 0 aromatic heterocycles. The van der Waals surface area contributed by atoms with Gasteiger partial charge >= 0.3 is 5.97 Å². The van der Waals surface area contributed by atoms with Crippen LogP contribution in [0.15, 0.2) is 103 Å². The van der Waals surface area contributed by atoms with Crippen LogP contribution in [0.4, 0.5) is 5.69 Å². The van der Waals surface area contributed by atoms with Crippen LogP contribution >= 0.6 is 0 Å². The normalized spacial score (nSPS) is 17.6. The zero-order valence-corrected chi connectivity index (χ0v) is 20.0. The molecule has 1 atom stereocenters. The Kier molecular flexibility index (Phi) is 7.17. The molecule has 1 aliphatic rings. The third-order valence-electron chi connectivity index (χ3n) is 6.39. The lowest BCUT2D eigenvalue weighted by Crippen LogP contribution is -2.45. The molecule has 3 aromatic carbocycles. The predicted molar refractivity (Wildman–Crippen MR) is 138 cm³/mol. The summed E-state index contributed by atoms with van der Waals surface area (Å²) in [4.78, 5) is 15.2. The Bertz CT molecular complexity index is 1170. The fourth-order valence-electron chi connectivity index (χ4n) is 4.61. The maximum atomic E-state index is 13.0. The van der Waals surface area contributed by atoms with Crippen LogP contribution in [-0.2, 0) is 15.1 Å². The summed E-state index contributed by atoms with van der Waals surface area (Å²) in [7, 11) is 3.09. The molecular weight excluding hydrogens is 422 g/mol. The number of nitrogens with zero attached hydrogens (tertiary/aromatic N) is 1. The quantitative estimate of drug-likeness (QED) is 0.354. The van der Waals surface area contributed by atoms with E-state index in [2.05, 4.69) is 42.2 Å². The van der Waals surface area contributed by atoms with Gasteiger partial charge in [-0.15, -0.1) is 0 Å². The minimum Gasteiger partial charge on any atom is -0.497 e. The highest BCUT2D eigenvalue weighted by Gasteiger charge is 2.41. The number of benzene rings is 3. The lowest BCUT2D eigenvalue weighted by molar-refractivity contribution is -0.135. The van der Waals surface area contributed by atoms with Gasteiger partial charge in [-0.25, -0.2) is 4.79 Å². The lowest BCUT2D eigenvalue weighted by atomic mass is 9.77. The van der Waals surface area contributed by atoms with Crippen LogP contribution in [0.1, 0.15) is 37.3 Å². The van der Waals surface area contributed by atoms with E-state index in [1.807, 2.05) is 66.9 Å². The molecule has 1 aliphatic heterocycles. The van der Waals surface area contributed by atoms with Crippen LogP contribution in [0, 0.1) is 0 Å². The first-order valence-corrected chi connectivity index (χ1v) is 11.7. The fraction of sp³-hybridized carbons (Fsp3) is 0.233. The molecule has 1 heterocycles. The lowest BCUT2D eigenvalue weighted by Gasteiger charge is -2.46. The summed E-state index contributed by atoms with van der Waals surface area (Å²) < 4.78 is 10.6. The predicted octanol–water partition coefficient (Wildman–Crippen LogP) is 6.74. The van der Waals surface area contributed by atoms with Gasteiger partial charge in [0.05, 0.1) is 25.3 Å². The zero-order chi connectivity index (χ0) is 24.0. The van der Waals surface area contributed by atoms with E-state index in [0.717, 1.165) is 41.8 Å². The smallest absolute Gasteiger partial charge is 0.339 e. The summed E-state index contributed by atoms with van der Waals surface area (Å²) >= 11 is 0. The van der Waals surface area contributed by atoms with Crippen LogP contribution in [0.5, 0.6) is 5.75 Å². The molecule has 34 heavy (non-hydrogen) atoms. The van der Waals surface area contributed by atoms with Crippen molar-refractivity contribution in [2.24, 2.45) is 0 Å². The first kappa shape index (κ1) is 23.4. The van der Waals surface area contributed by atoms with Crippen molar-refractivity contribution in [1.82, 2.24) is 0 Å². The highest BCUT2D eigenvalue weighted by atomic mass is 16.5. The van der Waals surface area contributed by atoms with E-state index in [9.17, 15) is 4.79 Å². The minimum atomic E-state index is -0.478. The third kappa shape index (κ3) is 4.49. The summed E-state index contributed by atoms with van der Waals surface area (Å²) in [6, 6.07) is 28.6. The second-order valence-electron chi connectivity index (χ2n) is 8.42. The van der Waals surface area contributed by atoms with Crippen molar-refractivity contribution in [3.63, 3.8) is 0 Å². The van der Waals surface area contributed by atoms with Crippen molar-refractivity contribution in [3.8, 4) is 5.75 Å². The molecule has 0 spiro atoms. The molecule has 1 unspecified atom stereocenters. The standard InChI is InChI=1S/C30H31NO3/c1-4-5-20-30(24-14-10-7-11-15-24)21-27(23-12-8-6-9-13-23)28(29(32)34-3)22-31(30)25-16-18-26(33-2)19-17-25/h6-19,21-22H,4-5,20H2,1-3H3. The Morgan fingerprint density at radius 2 is 1.53 bits per heavy atom. The Morgan fingerprint density at radius 1 is 0.882 bits per heavy atom. The van der Waals surface area contributed by atoms with Crippen LogP contribution < -0.4 is 9.64 Å². The third-order valence-corrected chi connectivity index (χ3v) is 6.39. The summed E-state index contributed by atoms with van der Waals surface area (Å²) in [5.41, 5.74) is 4.09. The molecule has 4 nitrogen and oxygen atoms in total. The van der Waals surface area contributed by atoms with Gasteiger partial charge in [-0.1, -0.05) is 80.4 Å². The topological polar surface area (TPSA) is 38.8 Å². The number of carbonyl (C=O) groups is 1. The monoisotopic (exact) mass is 453 g/mol. The van der Waals surface area contributed by atoms with E-state index < -0.39 is 5.54 Å². The van der Waals surface area contributed by atoms with E-state index in [4.69, 9.17) is 9.47 Å². The Labute approximate surface area is 202 Å². The number of esters is 1. The van der Waals surface area contributed by atoms with Crippen LogP contribution in [0.3, 0.4) is 0 Å². The van der Waals surface area contributed by atoms with Crippen molar-refractivity contribution in [1.29, 1.82) is 0 Å². The molecule has 3 aromatic rings. The molecule has 0 N–H and O–H groups in total. The van der Waals surface area contributed by atoms with Crippen molar-refractivity contribution in [3.05, 3.63) is 114 Å². The summed E-state index contributed by atoms with van der Waals surface area (Å²) in [6.07, 6.45) is 7.19. The van der Waals surface area contributed by atoms with Gasteiger partial charge in [0, 0.05) is 11.9 Å². The SMILES string of the molecule is CCCCC1(c2ccccc2)C=C(c2ccccc2)C(C(=O)OC)=CN1c1ccc(OC)cc1. The summed E-state index contributed by atoms with van der Waals surface area (Å²) in [6.45, 7) is 2.21. The first-order valence-electron chi connectivity index (χ1n) is 11.7. The molecule has 4 heteroatoms. The number of methoxy groups -OCH3 is 2. The number of carbonyl (C=O) groups excluding carboxylic acids is 1. The van der Waals surface area contributed by atoms with Gasteiger partial charge in [0.2, 0.25) is 0 Å². The molecule has 0 amide bonds. The number of rotatable bonds is 8. The number of hydrogen-bond acceptors (Lipinski definition) is 4. The molecule has 4 rings (SSSR count). The van der Waals surface area contributed by atoms with E-state index in [1.165, 1.54) is 12.7 Å². The highest BCUT2D eigenvalue weighted by Crippen LogP contribution is 2.46. The molecule has 0 fully saturated rings. The van der Waals surface area contributed by atoms with Crippen molar-refractivity contribution < 1.29 is 14.3 Å². The number of unbranched alkanes of at least 4 members (excludes halogenated alkanes) is 1. The fourth-order valence-corrected chi connectivity index (χ4v) is 4.61. The van der Waals surface area contributed by atoms with E-state index >= 15 is 0 Å².